The summed E-state index contributed by atoms with van der Waals surface area (Å²) in [5, 5.41) is 3.11. The van der Waals surface area contributed by atoms with Gasteiger partial charge in [0.2, 0.25) is 0 Å². The zero-order valence-corrected chi connectivity index (χ0v) is 9.42. The molecule has 0 unspecified atom stereocenters. The Kier molecular flexibility index (Phi) is 9.33. The van der Waals surface area contributed by atoms with Crippen LogP contribution in [0, 0.1) is 0 Å². The molecule has 1 aromatic carbocycles. The third-order valence-corrected chi connectivity index (χ3v) is 1.55. The Hall–Kier alpha value is -1.02. The topological polar surface area (TPSA) is 21.3 Å². The van der Waals surface area contributed by atoms with Crippen molar-refractivity contribution in [3.05, 3.63) is 30.3 Å². The summed E-state index contributed by atoms with van der Waals surface area (Å²) in [5.41, 5.74) is 0. The minimum absolute atomic E-state index is 0.740. The summed E-state index contributed by atoms with van der Waals surface area (Å²) in [6.07, 6.45) is 0. The van der Waals surface area contributed by atoms with Crippen LogP contribution in [-0.2, 0) is 0 Å². The van der Waals surface area contributed by atoms with Gasteiger partial charge in [-0.05, 0) is 32.1 Å². The van der Waals surface area contributed by atoms with E-state index in [4.69, 9.17) is 4.74 Å². The van der Waals surface area contributed by atoms with Crippen molar-refractivity contribution in [2.75, 3.05) is 19.7 Å². The minimum atomic E-state index is 0.740. The van der Waals surface area contributed by atoms with Crippen molar-refractivity contribution in [2.24, 2.45) is 0 Å². The molecule has 1 aromatic rings. The maximum Gasteiger partial charge on any atom is 0.119 e. The van der Waals surface area contributed by atoms with Gasteiger partial charge in [0.25, 0.3) is 0 Å². The maximum atomic E-state index is 5.21. The van der Waals surface area contributed by atoms with Crippen molar-refractivity contribution >= 4 is 0 Å². The first-order valence-electron chi connectivity index (χ1n) is 5.23. The van der Waals surface area contributed by atoms with Gasteiger partial charge in [-0.3, -0.25) is 0 Å². The molecule has 0 fully saturated rings. The molecular formula is C12H21NO. The van der Waals surface area contributed by atoms with Crippen molar-refractivity contribution in [3.63, 3.8) is 0 Å². The van der Waals surface area contributed by atoms with E-state index in [1.54, 1.807) is 0 Å². The number of nitrogens with one attached hydrogen (secondary N) is 1. The van der Waals surface area contributed by atoms with Crippen LogP contribution in [-0.4, -0.2) is 19.7 Å². The summed E-state index contributed by atoms with van der Waals surface area (Å²) in [7, 11) is 0. The lowest BCUT2D eigenvalue weighted by Gasteiger charge is -1.99. The number of para-hydroxylation sites is 1. The summed E-state index contributed by atoms with van der Waals surface area (Å²) in [6, 6.07) is 9.80. The van der Waals surface area contributed by atoms with Crippen molar-refractivity contribution in [2.45, 2.75) is 20.8 Å². The first kappa shape index (κ1) is 13.0. The second-order valence-corrected chi connectivity index (χ2v) is 2.70. The van der Waals surface area contributed by atoms with Crippen LogP contribution in [0.1, 0.15) is 20.8 Å². The third kappa shape index (κ3) is 7.62. The molecule has 0 aromatic heterocycles. The molecule has 0 spiro atoms. The Labute approximate surface area is 87.3 Å². The largest absolute Gasteiger partial charge is 0.494 e. The highest BCUT2D eigenvalue weighted by atomic mass is 16.5. The normalized spacial score (nSPS) is 8.79. The van der Waals surface area contributed by atoms with Crippen molar-refractivity contribution in [1.29, 1.82) is 0 Å². The van der Waals surface area contributed by atoms with Gasteiger partial charge < -0.3 is 10.1 Å². The predicted octanol–water partition coefficient (Wildman–Crippen LogP) is 2.70. The standard InChI is InChI=1S/C8H10O.C4H11N/c1-2-9-8-6-4-3-5-7-8;1-3-5-4-2/h3-7H,2H2,1H3;5H,3-4H2,1-2H3. The molecule has 0 aliphatic carbocycles. The van der Waals surface area contributed by atoms with Crippen LogP contribution in [0.25, 0.3) is 0 Å². The SMILES string of the molecule is CCNCC.CCOc1ccccc1. The van der Waals surface area contributed by atoms with Gasteiger partial charge >= 0.3 is 0 Å². The molecule has 0 amide bonds. The van der Waals surface area contributed by atoms with Gasteiger partial charge in [-0.15, -0.1) is 0 Å². The van der Waals surface area contributed by atoms with Crippen LogP contribution in [0.4, 0.5) is 0 Å². The van der Waals surface area contributed by atoms with Gasteiger partial charge in [0, 0.05) is 0 Å². The molecule has 0 radical (unpaired) electrons. The summed E-state index contributed by atoms with van der Waals surface area (Å²) in [4.78, 5) is 0. The summed E-state index contributed by atoms with van der Waals surface area (Å²) in [5.74, 6) is 0.944. The van der Waals surface area contributed by atoms with E-state index < -0.39 is 0 Å². The lowest BCUT2D eigenvalue weighted by Crippen LogP contribution is -2.09. The van der Waals surface area contributed by atoms with Crippen LogP contribution in [0.15, 0.2) is 30.3 Å². The zero-order chi connectivity index (χ0) is 10.6. The molecule has 0 heterocycles. The Bertz CT molecular complexity index is 197. The van der Waals surface area contributed by atoms with Crippen LogP contribution in [0.3, 0.4) is 0 Å². The fraction of sp³-hybridized carbons (Fsp3) is 0.500. The van der Waals surface area contributed by atoms with Crippen molar-refractivity contribution < 1.29 is 4.74 Å². The van der Waals surface area contributed by atoms with Crippen molar-refractivity contribution in [3.8, 4) is 5.75 Å². The average Bonchev–Trinajstić information content (AvgIpc) is 2.22. The molecule has 1 rings (SSSR count). The number of hydrogen-bond acceptors (Lipinski definition) is 2. The van der Waals surface area contributed by atoms with Gasteiger partial charge in [0.05, 0.1) is 6.61 Å². The highest BCUT2D eigenvalue weighted by molar-refractivity contribution is 5.20. The van der Waals surface area contributed by atoms with E-state index in [0.717, 1.165) is 25.4 Å². The molecule has 0 saturated heterocycles. The van der Waals surface area contributed by atoms with E-state index in [-0.39, 0.29) is 0 Å². The molecule has 0 aliphatic heterocycles. The predicted molar refractivity (Wildman–Crippen MR) is 61.8 cm³/mol. The Morgan fingerprint density at radius 3 is 1.93 bits per heavy atom. The van der Waals surface area contributed by atoms with E-state index in [9.17, 15) is 0 Å². The van der Waals surface area contributed by atoms with E-state index >= 15 is 0 Å². The smallest absolute Gasteiger partial charge is 0.119 e. The van der Waals surface area contributed by atoms with Gasteiger partial charge in [0.1, 0.15) is 5.75 Å². The molecule has 80 valence electrons. The number of benzene rings is 1. The minimum Gasteiger partial charge on any atom is -0.494 e. The molecule has 14 heavy (non-hydrogen) atoms. The van der Waals surface area contributed by atoms with Gasteiger partial charge in [0.15, 0.2) is 0 Å². The van der Waals surface area contributed by atoms with E-state index in [1.165, 1.54) is 0 Å². The van der Waals surface area contributed by atoms with E-state index in [2.05, 4.69) is 19.2 Å². The lowest BCUT2D eigenvalue weighted by molar-refractivity contribution is 0.340. The number of ether oxygens (including phenoxy) is 1. The molecule has 0 bridgehead atoms. The summed E-state index contributed by atoms with van der Waals surface area (Å²) in [6.45, 7) is 9.11. The molecule has 0 saturated carbocycles. The van der Waals surface area contributed by atoms with Crippen LogP contribution >= 0.6 is 0 Å². The fourth-order valence-corrected chi connectivity index (χ4v) is 0.933. The zero-order valence-electron chi connectivity index (χ0n) is 9.42. The van der Waals surface area contributed by atoms with E-state index in [0.29, 0.717) is 0 Å². The molecule has 2 heteroatoms. The first-order chi connectivity index (χ1) is 6.85. The second-order valence-electron chi connectivity index (χ2n) is 2.70. The van der Waals surface area contributed by atoms with Gasteiger partial charge in [-0.1, -0.05) is 32.0 Å². The number of hydrogen-bond donors (Lipinski definition) is 1. The summed E-state index contributed by atoms with van der Waals surface area (Å²) < 4.78 is 5.21. The molecule has 1 N–H and O–H groups in total. The van der Waals surface area contributed by atoms with Crippen LogP contribution < -0.4 is 10.1 Å². The van der Waals surface area contributed by atoms with Gasteiger partial charge in [-0.2, -0.15) is 0 Å². The van der Waals surface area contributed by atoms with Crippen molar-refractivity contribution in [1.82, 2.24) is 5.32 Å². The molecule has 0 aliphatic rings. The lowest BCUT2D eigenvalue weighted by atomic mass is 10.3. The summed E-state index contributed by atoms with van der Waals surface area (Å²) >= 11 is 0. The van der Waals surface area contributed by atoms with Gasteiger partial charge in [-0.25, -0.2) is 0 Å². The second kappa shape index (κ2) is 10.1. The Morgan fingerprint density at radius 2 is 1.57 bits per heavy atom. The molecule has 0 atom stereocenters. The Balaban J connectivity index is 0.000000292. The highest BCUT2D eigenvalue weighted by Crippen LogP contribution is 2.06. The number of rotatable bonds is 4. The fourth-order valence-electron chi connectivity index (χ4n) is 0.933. The quantitative estimate of drug-likeness (QED) is 0.797. The molecular weight excluding hydrogens is 174 g/mol. The highest BCUT2D eigenvalue weighted by Gasteiger charge is 1.83. The molecule has 2 nitrogen and oxygen atoms in total. The van der Waals surface area contributed by atoms with E-state index in [1.807, 2.05) is 37.3 Å². The third-order valence-electron chi connectivity index (χ3n) is 1.55. The monoisotopic (exact) mass is 195 g/mol. The van der Waals surface area contributed by atoms with Crippen LogP contribution in [0.2, 0.25) is 0 Å². The average molecular weight is 195 g/mol. The Morgan fingerprint density at radius 1 is 1.00 bits per heavy atom. The van der Waals surface area contributed by atoms with Crippen LogP contribution in [0.5, 0.6) is 5.75 Å². The maximum absolute atomic E-state index is 5.21. The first-order valence-corrected chi connectivity index (χ1v) is 5.23.